The molecule has 1 saturated heterocycles. The maximum Gasteiger partial charge on any atom is 0.472 e. The maximum absolute atomic E-state index is 12.6. The lowest BCUT2D eigenvalue weighted by Crippen LogP contribution is -2.34. The number of allylic oxidation sites excluding steroid dienone is 7. The van der Waals surface area contributed by atoms with E-state index < -0.39 is 51.1 Å². The fraction of sp³-hybridized carbons (Fsp3) is 0.738. The molecule has 13 heteroatoms. The summed E-state index contributed by atoms with van der Waals surface area (Å²) in [5.74, 6) is -2.47. The first-order valence-corrected chi connectivity index (χ1v) is 22.3. The summed E-state index contributed by atoms with van der Waals surface area (Å²) in [6.07, 6.45) is 37.9. The molecule has 5 atom stereocenters. The molecule has 3 unspecified atom stereocenters. The molecule has 1 aliphatic heterocycles. The van der Waals surface area contributed by atoms with E-state index in [0.717, 1.165) is 57.8 Å². The molecule has 1 fully saturated rings. The molecule has 0 aromatic rings. The van der Waals surface area contributed by atoms with Crippen molar-refractivity contribution in [3.8, 4) is 0 Å². The van der Waals surface area contributed by atoms with Gasteiger partial charge >= 0.3 is 25.7 Å². The molecule has 1 aliphatic rings. The second-order valence-electron chi connectivity index (χ2n) is 14.1. The summed E-state index contributed by atoms with van der Waals surface area (Å²) in [5, 5.41) is 8.87. The summed E-state index contributed by atoms with van der Waals surface area (Å²) in [4.78, 5) is 45.8. The van der Waals surface area contributed by atoms with E-state index in [1.165, 1.54) is 51.4 Å². The summed E-state index contributed by atoms with van der Waals surface area (Å²) in [6.45, 7) is 2.67. The van der Waals surface area contributed by atoms with Crippen molar-refractivity contribution in [3.63, 3.8) is 0 Å². The molecule has 0 aromatic carbocycles. The number of hydrogen-bond donors (Lipinski definition) is 3. The number of carbonyl (C=O) groups excluding carboxylic acids is 2. The zero-order chi connectivity index (χ0) is 40.4. The molecule has 0 aliphatic carbocycles. The van der Waals surface area contributed by atoms with Crippen molar-refractivity contribution in [2.24, 2.45) is 5.73 Å². The zero-order valence-electron chi connectivity index (χ0n) is 33.7. The van der Waals surface area contributed by atoms with E-state index in [9.17, 15) is 23.8 Å². The summed E-state index contributed by atoms with van der Waals surface area (Å²) in [6, 6.07) is -1.53. The third-order valence-corrected chi connectivity index (χ3v) is 9.92. The number of epoxide rings is 1. The zero-order valence-corrected chi connectivity index (χ0v) is 34.6. The first kappa shape index (κ1) is 50.4. The van der Waals surface area contributed by atoms with E-state index in [0.29, 0.717) is 31.5 Å². The van der Waals surface area contributed by atoms with Gasteiger partial charge in [-0.05, 0) is 70.6 Å². The number of aliphatic carboxylic acids is 1. The summed E-state index contributed by atoms with van der Waals surface area (Å²) in [5.41, 5.74) is 5.32. The third-order valence-electron chi connectivity index (χ3n) is 8.97. The normalized spacial score (nSPS) is 18.0. The van der Waals surface area contributed by atoms with Crippen molar-refractivity contribution in [2.75, 3.05) is 19.8 Å². The van der Waals surface area contributed by atoms with Gasteiger partial charge in [-0.15, -0.1) is 0 Å². The number of phosphoric ester groups is 1. The molecular formula is C42H72NO11P. The second kappa shape index (κ2) is 33.5. The number of nitrogens with two attached hydrogens (primary N) is 1. The number of unbranched alkanes of at least 4 members (excludes halogenated alkanes) is 12. The van der Waals surface area contributed by atoms with Crippen LogP contribution in [-0.4, -0.2) is 72.1 Å². The minimum absolute atomic E-state index is 0.135. The predicted molar refractivity (Wildman–Crippen MR) is 216 cm³/mol. The third kappa shape index (κ3) is 31.2. The van der Waals surface area contributed by atoms with E-state index in [-0.39, 0.29) is 19.4 Å². The molecule has 0 radical (unpaired) electrons. The van der Waals surface area contributed by atoms with Crippen molar-refractivity contribution in [2.45, 2.75) is 179 Å². The Morgan fingerprint density at radius 3 is 1.91 bits per heavy atom. The summed E-state index contributed by atoms with van der Waals surface area (Å²) in [7, 11) is -4.73. The topological polar surface area (TPSA) is 184 Å². The molecular weight excluding hydrogens is 725 g/mol. The van der Waals surface area contributed by atoms with E-state index in [1.54, 1.807) is 0 Å². The summed E-state index contributed by atoms with van der Waals surface area (Å²) >= 11 is 0. The van der Waals surface area contributed by atoms with Gasteiger partial charge in [0.25, 0.3) is 0 Å². The van der Waals surface area contributed by atoms with Crippen LogP contribution in [0.3, 0.4) is 0 Å². The fourth-order valence-electron chi connectivity index (χ4n) is 5.56. The number of carboxylic acid groups (broad SMARTS) is 1. The van der Waals surface area contributed by atoms with Gasteiger partial charge in [-0.2, -0.15) is 0 Å². The fourth-order valence-corrected chi connectivity index (χ4v) is 6.33. The van der Waals surface area contributed by atoms with Crippen LogP contribution >= 0.6 is 7.82 Å². The molecule has 316 valence electrons. The number of carboxylic acids is 1. The largest absolute Gasteiger partial charge is 0.480 e. The van der Waals surface area contributed by atoms with E-state index in [1.807, 2.05) is 12.2 Å². The summed E-state index contributed by atoms with van der Waals surface area (Å²) < 4.78 is 38.3. The smallest absolute Gasteiger partial charge is 0.472 e. The van der Waals surface area contributed by atoms with Crippen molar-refractivity contribution >= 4 is 25.7 Å². The average molecular weight is 798 g/mol. The lowest BCUT2D eigenvalue weighted by molar-refractivity contribution is -0.161. The minimum Gasteiger partial charge on any atom is -0.480 e. The number of rotatable bonds is 37. The highest BCUT2D eigenvalue weighted by atomic mass is 31.2. The van der Waals surface area contributed by atoms with Crippen LogP contribution in [0.1, 0.15) is 155 Å². The minimum atomic E-state index is -4.73. The lowest BCUT2D eigenvalue weighted by Gasteiger charge is -2.20. The van der Waals surface area contributed by atoms with Gasteiger partial charge in [0.15, 0.2) is 6.10 Å². The van der Waals surface area contributed by atoms with Gasteiger partial charge in [-0.3, -0.25) is 23.4 Å². The molecule has 12 nitrogen and oxygen atoms in total. The lowest BCUT2D eigenvalue weighted by atomic mass is 10.1. The van der Waals surface area contributed by atoms with E-state index in [4.69, 9.17) is 29.6 Å². The first-order chi connectivity index (χ1) is 26.6. The van der Waals surface area contributed by atoms with Gasteiger partial charge in [0.05, 0.1) is 25.4 Å². The first-order valence-electron chi connectivity index (χ1n) is 20.8. The Hall–Kier alpha value is -2.60. The Bertz CT molecular complexity index is 1190. The number of phosphoric acid groups is 1. The Kier molecular flexibility index (Phi) is 30.7. The Morgan fingerprint density at radius 2 is 1.22 bits per heavy atom. The highest BCUT2D eigenvalue weighted by molar-refractivity contribution is 7.47. The Balaban J connectivity index is 2.34. The Morgan fingerprint density at radius 1 is 0.673 bits per heavy atom. The highest BCUT2D eigenvalue weighted by Gasteiger charge is 2.36. The number of hydrogen-bond acceptors (Lipinski definition) is 10. The predicted octanol–water partition coefficient (Wildman–Crippen LogP) is 9.60. The van der Waals surface area contributed by atoms with Crippen LogP contribution in [0.4, 0.5) is 0 Å². The van der Waals surface area contributed by atoms with Crippen LogP contribution < -0.4 is 5.73 Å². The van der Waals surface area contributed by atoms with Gasteiger partial charge in [0, 0.05) is 12.8 Å². The SMILES string of the molecule is CCCCCC/C=C\CCCCCCCC(=O)O[C@H](COC(=O)CCC/C=C\C/C=C\C/C=C\CC1OC1CCCCC)COP(=O)(O)OC[C@H](N)C(=O)O. The monoisotopic (exact) mass is 797 g/mol. The molecule has 0 spiro atoms. The van der Waals surface area contributed by atoms with Gasteiger partial charge in [-0.1, -0.05) is 120 Å². The van der Waals surface area contributed by atoms with Crippen molar-refractivity contribution in [3.05, 3.63) is 48.6 Å². The molecule has 4 N–H and O–H groups in total. The molecule has 55 heavy (non-hydrogen) atoms. The Labute approximate surface area is 330 Å². The van der Waals surface area contributed by atoms with Gasteiger partial charge in [0.2, 0.25) is 0 Å². The second-order valence-corrected chi connectivity index (χ2v) is 15.6. The molecule has 1 heterocycles. The number of esters is 2. The van der Waals surface area contributed by atoms with Crippen LogP contribution in [0.2, 0.25) is 0 Å². The molecule has 0 aromatic heterocycles. The van der Waals surface area contributed by atoms with Crippen LogP contribution in [0.5, 0.6) is 0 Å². The maximum atomic E-state index is 12.6. The molecule has 0 amide bonds. The standard InChI is InChI=1S/C42H72NO11P/c1-3-5-7-8-9-10-11-12-13-18-21-24-28-32-41(45)53-36(34-51-55(48,49)52-35-37(43)42(46)47)33-50-40(44)31-27-23-20-17-15-14-16-19-22-26-30-39-38(54-39)29-25-6-4-2/h10-11,14,16-17,20,22,26,36-39H,3-9,12-13,15,18-19,21,23-25,27-35,43H2,1-2H3,(H,46,47)(H,48,49)/b11-10-,16-14-,20-17-,26-22-/t36-,37+,38?,39?/m1/s1. The van der Waals surface area contributed by atoms with Crippen LogP contribution in [0.25, 0.3) is 0 Å². The molecule has 1 rings (SSSR count). The average Bonchev–Trinajstić information content (AvgIpc) is 3.91. The van der Waals surface area contributed by atoms with E-state index in [2.05, 4.69) is 54.8 Å². The quantitative estimate of drug-likeness (QED) is 0.0178. The van der Waals surface area contributed by atoms with Crippen LogP contribution in [0, 0.1) is 0 Å². The molecule has 0 bridgehead atoms. The van der Waals surface area contributed by atoms with Gasteiger partial charge in [-0.25, -0.2) is 4.57 Å². The van der Waals surface area contributed by atoms with Crippen molar-refractivity contribution in [1.82, 2.24) is 0 Å². The van der Waals surface area contributed by atoms with Gasteiger partial charge in [0.1, 0.15) is 12.6 Å². The molecule has 0 saturated carbocycles. The number of ether oxygens (including phenoxy) is 3. The van der Waals surface area contributed by atoms with Gasteiger partial charge < -0.3 is 29.9 Å². The number of carbonyl (C=O) groups is 3. The highest BCUT2D eigenvalue weighted by Crippen LogP contribution is 2.43. The van der Waals surface area contributed by atoms with Crippen LogP contribution in [0.15, 0.2) is 48.6 Å². The van der Waals surface area contributed by atoms with Crippen molar-refractivity contribution in [1.29, 1.82) is 0 Å². The van der Waals surface area contributed by atoms with Crippen LogP contribution in [-0.2, 0) is 42.2 Å². The van der Waals surface area contributed by atoms with Crippen molar-refractivity contribution < 1.29 is 52.2 Å². The van der Waals surface area contributed by atoms with E-state index >= 15 is 0 Å².